The fraction of sp³-hybridized carbons (Fsp3) is 1.00. The molecule has 0 aromatic carbocycles. The zero-order chi connectivity index (χ0) is 12.0. The average molecular weight is 227 g/mol. The second-order valence-corrected chi connectivity index (χ2v) is 6.39. The minimum absolute atomic E-state index is 0.0220. The second-order valence-electron chi connectivity index (χ2n) is 6.39. The minimum Gasteiger partial charge on any atom is -0.395 e. The highest BCUT2D eigenvalue weighted by atomic mass is 16.3. The lowest BCUT2D eigenvalue weighted by molar-refractivity contribution is 0.0925. The summed E-state index contributed by atoms with van der Waals surface area (Å²) in [6.45, 7) is 7.16. The Balaban J connectivity index is 2.09. The number of aliphatic hydroxyl groups excluding tert-OH is 2. The van der Waals surface area contributed by atoms with Crippen molar-refractivity contribution in [3.05, 3.63) is 0 Å². The van der Waals surface area contributed by atoms with E-state index in [0.717, 1.165) is 5.92 Å². The quantitative estimate of drug-likeness (QED) is 0.675. The van der Waals surface area contributed by atoms with Gasteiger partial charge in [-0.15, -0.1) is 0 Å². The van der Waals surface area contributed by atoms with Gasteiger partial charge in [-0.05, 0) is 36.0 Å². The Morgan fingerprint density at radius 3 is 2.25 bits per heavy atom. The Morgan fingerprint density at radius 1 is 1.25 bits per heavy atom. The Labute approximate surface area is 98.2 Å². The molecule has 2 rings (SSSR count). The fourth-order valence-corrected chi connectivity index (χ4v) is 3.90. The summed E-state index contributed by atoms with van der Waals surface area (Å²) in [5.41, 5.74) is 0.709. The topological polar surface area (TPSA) is 52.5 Å². The van der Waals surface area contributed by atoms with Gasteiger partial charge in [-0.2, -0.15) is 0 Å². The van der Waals surface area contributed by atoms with E-state index in [1.54, 1.807) is 0 Å². The van der Waals surface area contributed by atoms with E-state index in [1.165, 1.54) is 19.3 Å². The summed E-state index contributed by atoms with van der Waals surface area (Å²) in [6.07, 6.45) is 3.80. The molecule has 0 aromatic heterocycles. The van der Waals surface area contributed by atoms with Gasteiger partial charge in [0.15, 0.2) is 0 Å². The molecule has 3 N–H and O–H groups in total. The maximum absolute atomic E-state index is 9.15. The van der Waals surface area contributed by atoms with Crippen LogP contribution in [0.3, 0.4) is 0 Å². The van der Waals surface area contributed by atoms with E-state index in [1.807, 2.05) is 0 Å². The highest BCUT2D eigenvalue weighted by Gasteiger charge is 2.61. The maximum Gasteiger partial charge on any atom is 0.0607 e. The van der Waals surface area contributed by atoms with Crippen molar-refractivity contribution >= 4 is 0 Å². The zero-order valence-electron chi connectivity index (χ0n) is 10.7. The van der Waals surface area contributed by atoms with Gasteiger partial charge in [-0.3, -0.25) is 0 Å². The molecule has 16 heavy (non-hydrogen) atoms. The van der Waals surface area contributed by atoms with E-state index in [4.69, 9.17) is 10.2 Å². The average Bonchev–Trinajstić information content (AvgIpc) is 2.58. The number of rotatable bonds is 4. The zero-order valence-corrected chi connectivity index (χ0v) is 10.7. The molecule has 3 nitrogen and oxygen atoms in total. The summed E-state index contributed by atoms with van der Waals surface area (Å²) >= 11 is 0. The van der Waals surface area contributed by atoms with E-state index >= 15 is 0 Å². The van der Waals surface area contributed by atoms with Crippen molar-refractivity contribution in [2.45, 2.75) is 52.1 Å². The van der Waals surface area contributed by atoms with E-state index in [0.29, 0.717) is 16.9 Å². The van der Waals surface area contributed by atoms with Gasteiger partial charge in [-0.25, -0.2) is 0 Å². The van der Waals surface area contributed by atoms with Crippen LogP contribution in [-0.4, -0.2) is 35.5 Å². The molecule has 2 fully saturated rings. The maximum atomic E-state index is 9.15. The summed E-state index contributed by atoms with van der Waals surface area (Å²) in [5.74, 6) is 0.799. The van der Waals surface area contributed by atoms with E-state index in [-0.39, 0.29) is 19.3 Å². The Hall–Kier alpha value is -0.120. The summed E-state index contributed by atoms with van der Waals surface area (Å²) < 4.78 is 0. The lowest BCUT2D eigenvalue weighted by Crippen LogP contribution is -2.50. The summed E-state index contributed by atoms with van der Waals surface area (Å²) in [6, 6.07) is 0.294. The smallest absolute Gasteiger partial charge is 0.0607 e. The van der Waals surface area contributed by atoms with Gasteiger partial charge in [0.2, 0.25) is 0 Å². The van der Waals surface area contributed by atoms with E-state index in [2.05, 4.69) is 26.1 Å². The molecule has 0 aromatic rings. The molecule has 0 heterocycles. The lowest BCUT2D eigenvalue weighted by atomic mass is 9.69. The highest BCUT2D eigenvalue weighted by Crippen LogP contribution is 2.65. The van der Waals surface area contributed by atoms with Gasteiger partial charge in [0.25, 0.3) is 0 Å². The molecular formula is C13H25NO2. The van der Waals surface area contributed by atoms with Crippen molar-refractivity contribution in [3.8, 4) is 0 Å². The number of fused-ring (bicyclic) bond motifs is 2. The predicted octanol–water partition coefficient (Wildman–Crippen LogP) is 1.14. The molecule has 2 aliphatic carbocycles. The van der Waals surface area contributed by atoms with Crippen LogP contribution in [0, 0.1) is 16.7 Å². The molecular weight excluding hydrogens is 202 g/mol. The summed E-state index contributed by atoms with van der Waals surface area (Å²) in [4.78, 5) is 0. The Kier molecular flexibility index (Phi) is 3.06. The largest absolute Gasteiger partial charge is 0.395 e. The van der Waals surface area contributed by atoms with Crippen molar-refractivity contribution in [2.24, 2.45) is 16.7 Å². The number of hydrogen-bond donors (Lipinski definition) is 3. The molecule has 0 aliphatic heterocycles. The fourth-order valence-electron chi connectivity index (χ4n) is 3.90. The third-order valence-electron chi connectivity index (χ3n) is 5.67. The van der Waals surface area contributed by atoms with Gasteiger partial charge in [0.1, 0.15) is 0 Å². The number of nitrogens with one attached hydrogen (secondary N) is 1. The van der Waals surface area contributed by atoms with Crippen LogP contribution in [0.2, 0.25) is 0 Å². The third kappa shape index (κ3) is 1.52. The van der Waals surface area contributed by atoms with Gasteiger partial charge in [-0.1, -0.05) is 20.8 Å². The molecule has 2 saturated carbocycles. The second kappa shape index (κ2) is 3.97. The first-order chi connectivity index (χ1) is 7.45. The van der Waals surface area contributed by atoms with E-state index < -0.39 is 0 Å². The van der Waals surface area contributed by atoms with Crippen LogP contribution in [0.4, 0.5) is 0 Å². The van der Waals surface area contributed by atoms with Crippen molar-refractivity contribution in [3.63, 3.8) is 0 Å². The van der Waals surface area contributed by atoms with Gasteiger partial charge < -0.3 is 15.5 Å². The molecule has 0 radical (unpaired) electrons. The summed E-state index contributed by atoms with van der Waals surface area (Å²) in [5, 5.41) is 21.7. The molecule has 3 heteroatoms. The molecule has 2 bridgehead atoms. The van der Waals surface area contributed by atoms with Crippen LogP contribution in [0.25, 0.3) is 0 Å². The molecule has 2 aliphatic rings. The minimum atomic E-state index is -0.156. The van der Waals surface area contributed by atoms with Crippen LogP contribution >= 0.6 is 0 Å². The van der Waals surface area contributed by atoms with E-state index in [9.17, 15) is 0 Å². The van der Waals surface area contributed by atoms with Crippen molar-refractivity contribution in [1.82, 2.24) is 5.32 Å². The van der Waals surface area contributed by atoms with Crippen LogP contribution in [0.5, 0.6) is 0 Å². The van der Waals surface area contributed by atoms with Gasteiger partial charge in [0.05, 0.1) is 19.3 Å². The number of hydrogen-bond acceptors (Lipinski definition) is 3. The highest BCUT2D eigenvalue weighted by molar-refractivity contribution is 5.13. The Morgan fingerprint density at radius 2 is 1.88 bits per heavy atom. The molecule has 94 valence electrons. The third-order valence-corrected chi connectivity index (χ3v) is 5.67. The molecule has 0 saturated heterocycles. The molecule has 0 amide bonds. The standard InChI is InChI=1S/C13H25NO2/c1-12(2)9-4-5-13(12,3)11(6-9)14-10(7-15)8-16/h9-11,14-16H,4-8H2,1-3H3/t9?,11?,13-/m1/s1. The van der Waals surface area contributed by atoms with Crippen LogP contribution in [0.15, 0.2) is 0 Å². The predicted molar refractivity (Wildman–Crippen MR) is 64.1 cm³/mol. The Bertz CT molecular complexity index is 263. The molecule has 0 spiro atoms. The van der Waals surface area contributed by atoms with Crippen molar-refractivity contribution in [1.29, 1.82) is 0 Å². The first-order valence-corrected chi connectivity index (χ1v) is 6.43. The molecule has 2 unspecified atom stereocenters. The summed E-state index contributed by atoms with van der Waals surface area (Å²) in [7, 11) is 0. The first kappa shape index (κ1) is 12.3. The number of aliphatic hydroxyl groups is 2. The molecule has 3 atom stereocenters. The lowest BCUT2D eigenvalue weighted by Gasteiger charge is -2.40. The van der Waals surface area contributed by atoms with Crippen LogP contribution < -0.4 is 5.32 Å². The van der Waals surface area contributed by atoms with Crippen molar-refractivity contribution in [2.75, 3.05) is 13.2 Å². The van der Waals surface area contributed by atoms with Gasteiger partial charge in [0, 0.05) is 6.04 Å². The van der Waals surface area contributed by atoms with Gasteiger partial charge >= 0.3 is 0 Å². The monoisotopic (exact) mass is 227 g/mol. The first-order valence-electron chi connectivity index (χ1n) is 6.43. The van der Waals surface area contributed by atoms with Crippen LogP contribution in [-0.2, 0) is 0 Å². The normalized spacial score (nSPS) is 40.9. The SMILES string of the molecule is CC1(C)C2CC[C@]1(C)C(NC(CO)CO)C2. The van der Waals surface area contributed by atoms with Crippen LogP contribution in [0.1, 0.15) is 40.0 Å². The van der Waals surface area contributed by atoms with Crippen molar-refractivity contribution < 1.29 is 10.2 Å².